The van der Waals surface area contributed by atoms with Gasteiger partial charge >= 0.3 is 6.03 Å². The number of amides is 2. The highest BCUT2D eigenvalue weighted by atomic mass is 16.5. The number of hydrogen-bond donors (Lipinski definition) is 1. The van der Waals surface area contributed by atoms with Gasteiger partial charge in [-0.25, -0.2) is 4.79 Å². The second kappa shape index (κ2) is 8.96. The molecule has 0 aliphatic heterocycles. The molecule has 128 valence electrons. The van der Waals surface area contributed by atoms with Crippen LogP contribution < -0.4 is 10.1 Å². The Morgan fingerprint density at radius 3 is 2.54 bits per heavy atom. The van der Waals surface area contributed by atoms with Crippen molar-refractivity contribution in [3.8, 4) is 5.75 Å². The van der Waals surface area contributed by atoms with Crippen LogP contribution in [0.15, 0.2) is 54.6 Å². The zero-order valence-electron chi connectivity index (χ0n) is 14.7. The van der Waals surface area contributed by atoms with E-state index in [4.69, 9.17) is 4.74 Å². The van der Waals surface area contributed by atoms with E-state index < -0.39 is 0 Å². The third-order valence-corrected chi connectivity index (χ3v) is 3.72. The maximum absolute atomic E-state index is 12.4. The normalized spacial score (nSPS) is 10.5. The van der Waals surface area contributed by atoms with Gasteiger partial charge in [-0.15, -0.1) is 0 Å². The standard InChI is InChI=1S/C20H26N2O2/c1-16(2)22(15-18-9-5-4-6-10-18)20(23)21-12-13-24-19-11-7-8-17(3)14-19/h4-11,14,16H,12-13,15H2,1-3H3,(H,21,23). The first-order valence-corrected chi connectivity index (χ1v) is 8.34. The number of aryl methyl sites for hydroxylation is 1. The van der Waals surface area contributed by atoms with Crippen molar-refractivity contribution in [3.63, 3.8) is 0 Å². The SMILES string of the molecule is Cc1cccc(OCCNC(=O)N(Cc2ccccc2)C(C)C)c1. The van der Waals surface area contributed by atoms with Crippen molar-refractivity contribution in [1.82, 2.24) is 10.2 Å². The average Bonchev–Trinajstić information content (AvgIpc) is 2.57. The van der Waals surface area contributed by atoms with Crippen LogP contribution in [0, 0.1) is 6.92 Å². The Labute approximate surface area is 144 Å². The van der Waals surface area contributed by atoms with Crippen LogP contribution in [-0.4, -0.2) is 30.1 Å². The van der Waals surface area contributed by atoms with E-state index in [1.54, 1.807) is 0 Å². The average molecular weight is 326 g/mol. The lowest BCUT2D eigenvalue weighted by Gasteiger charge is -2.27. The van der Waals surface area contributed by atoms with Crippen LogP contribution in [0.1, 0.15) is 25.0 Å². The molecule has 0 atom stereocenters. The fraction of sp³-hybridized carbons (Fsp3) is 0.350. The predicted molar refractivity (Wildman–Crippen MR) is 97.2 cm³/mol. The van der Waals surface area contributed by atoms with Crippen LogP contribution in [-0.2, 0) is 6.54 Å². The minimum absolute atomic E-state index is 0.0679. The van der Waals surface area contributed by atoms with Gasteiger partial charge in [0.05, 0.1) is 6.54 Å². The van der Waals surface area contributed by atoms with Crippen molar-refractivity contribution < 1.29 is 9.53 Å². The Bertz CT molecular complexity index is 641. The predicted octanol–water partition coefficient (Wildman–Crippen LogP) is 3.99. The Hall–Kier alpha value is -2.49. The summed E-state index contributed by atoms with van der Waals surface area (Å²) in [6.45, 7) is 7.59. The van der Waals surface area contributed by atoms with Gasteiger partial charge in [-0.05, 0) is 44.0 Å². The van der Waals surface area contributed by atoms with Crippen molar-refractivity contribution in [3.05, 3.63) is 65.7 Å². The van der Waals surface area contributed by atoms with Gasteiger partial charge in [-0.1, -0.05) is 42.5 Å². The molecule has 2 rings (SSSR count). The quantitative estimate of drug-likeness (QED) is 0.782. The van der Waals surface area contributed by atoms with Gasteiger partial charge in [0.25, 0.3) is 0 Å². The minimum atomic E-state index is -0.0679. The van der Waals surface area contributed by atoms with Crippen LogP contribution in [0.3, 0.4) is 0 Å². The van der Waals surface area contributed by atoms with Gasteiger partial charge in [0, 0.05) is 12.6 Å². The molecular formula is C20H26N2O2. The van der Waals surface area contributed by atoms with Gasteiger partial charge in [0.15, 0.2) is 0 Å². The number of nitrogens with zero attached hydrogens (tertiary/aromatic N) is 1. The van der Waals surface area contributed by atoms with Gasteiger partial charge in [-0.3, -0.25) is 0 Å². The summed E-state index contributed by atoms with van der Waals surface area (Å²) in [5.74, 6) is 0.828. The molecule has 0 radical (unpaired) electrons. The third kappa shape index (κ3) is 5.61. The number of hydrogen-bond acceptors (Lipinski definition) is 2. The molecule has 4 heteroatoms. The van der Waals surface area contributed by atoms with Crippen LogP contribution in [0.2, 0.25) is 0 Å². The second-order valence-electron chi connectivity index (χ2n) is 6.10. The molecule has 0 aromatic heterocycles. The van der Waals surface area contributed by atoms with Crippen LogP contribution in [0.4, 0.5) is 4.79 Å². The zero-order valence-corrected chi connectivity index (χ0v) is 14.7. The van der Waals surface area contributed by atoms with E-state index in [1.165, 1.54) is 0 Å². The molecule has 2 aromatic carbocycles. The highest BCUT2D eigenvalue weighted by Gasteiger charge is 2.16. The summed E-state index contributed by atoms with van der Waals surface area (Å²) in [6.07, 6.45) is 0. The molecule has 2 amide bonds. The number of nitrogens with one attached hydrogen (secondary N) is 1. The van der Waals surface area contributed by atoms with E-state index in [9.17, 15) is 4.79 Å². The Morgan fingerprint density at radius 2 is 1.88 bits per heavy atom. The van der Waals surface area contributed by atoms with Crippen LogP contribution in [0.25, 0.3) is 0 Å². The molecule has 2 aromatic rings. The maximum atomic E-state index is 12.4. The summed E-state index contributed by atoms with van der Waals surface area (Å²) in [4.78, 5) is 14.2. The van der Waals surface area contributed by atoms with Gasteiger partial charge in [-0.2, -0.15) is 0 Å². The lowest BCUT2D eigenvalue weighted by molar-refractivity contribution is 0.177. The van der Waals surface area contributed by atoms with Gasteiger partial charge in [0.1, 0.15) is 12.4 Å². The molecule has 0 saturated carbocycles. The maximum Gasteiger partial charge on any atom is 0.318 e. The van der Waals surface area contributed by atoms with E-state index in [0.29, 0.717) is 19.7 Å². The summed E-state index contributed by atoms with van der Waals surface area (Å²) >= 11 is 0. The Balaban J connectivity index is 1.80. The molecule has 0 aliphatic rings. The minimum Gasteiger partial charge on any atom is -0.492 e. The lowest BCUT2D eigenvalue weighted by atomic mass is 10.2. The summed E-state index contributed by atoms with van der Waals surface area (Å²) in [7, 11) is 0. The number of carbonyl (C=O) groups is 1. The molecule has 4 nitrogen and oxygen atoms in total. The van der Waals surface area contributed by atoms with Crippen molar-refractivity contribution in [2.45, 2.75) is 33.4 Å². The first-order valence-electron chi connectivity index (χ1n) is 8.34. The number of urea groups is 1. The highest BCUT2D eigenvalue weighted by molar-refractivity contribution is 5.74. The van der Waals surface area contributed by atoms with Crippen molar-refractivity contribution >= 4 is 6.03 Å². The molecule has 0 fully saturated rings. The monoisotopic (exact) mass is 326 g/mol. The molecule has 0 saturated heterocycles. The highest BCUT2D eigenvalue weighted by Crippen LogP contribution is 2.12. The molecule has 24 heavy (non-hydrogen) atoms. The van der Waals surface area contributed by atoms with Crippen LogP contribution in [0.5, 0.6) is 5.75 Å². The van der Waals surface area contributed by atoms with E-state index in [0.717, 1.165) is 16.9 Å². The molecule has 0 heterocycles. The third-order valence-electron chi connectivity index (χ3n) is 3.72. The summed E-state index contributed by atoms with van der Waals surface area (Å²) < 4.78 is 5.66. The fourth-order valence-electron chi connectivity index (χ4n) is 2.40. The zero-order chi connectivity index (χ0) is 17.4. The fourth-order valence-corrected chi connectivity index (χ4v) is 2.40. The van der Waals surface area contributed by atoms with Gasteiger partial charge < -0.3 is 15.0 Å². The van der Waals surface area contributed by atoms with E-state index >= 15 is 0 Å². The Kier molecular flexibility index (Phi) is 6.67. The van der Waals surface area contributed by atoms with Crippen LogP contribution >= 0.6 is 0 Å². The number of carbonyl (C=O) groups excluding carboxylic acids is 1. The molecular weight excluding hydrogens is 300 g/mol. The van der Waals surface area contributed by atoms with E-state index in [1.807, 2.05) is 80.3 Å². The Morgan fingerprint density at radius 1 is 1.12 bits per heavy atom. The molecule has 1 N–H and O–H groups in total. The number of ether oxygens (including phenoxy) is 1. The van der Waals surface area contributed by atoms with Crippen molar-refractivity contribution in [1.29, 1.82) is 0 Å². The van der Waals surface area contributed by atoms with Gasteiger partial charge in [0.2, 0.25) is 0 Å². The largest absolute Gasteiger partial charge is 0.492 e. The summed E-state index contributed by atoms with van der Waals surface area (Å²) in [6, 6.07) is 18.0. The molecule has 0 unspecified atom stereocenters. The van der Waals surface area contributed by atoms with E-state index in [2.05, 4.69) is 5.32 Å². The van der Waals surface area contributed by atoms with Crippen molar-refractivity contribution in [2.24, 2.45) is 0 Å². The lowest BCUT2D eigenvalue weighted by Crippen LogP contribution is -2.44. The molecule has 0 bridgehead atoms. The topological polar surface area (TPSA) is 41.6 Å². The number of rotatable bonds is 7. The first-order chi connectivity index (χ1) is 11.6. The first kappa shape index (κ1) is 17.9. The summed E-state index contributed by atoms with van der Waals surface area (Å²) in [5, 5.41) is 2.93. The van der Waals surface area contributed by atoms with Crippen molar-refractivity contribution in [2.75, 3.05) is 13.2 Å². The second-order valence-corrected chi connectivity index (χ2v) is 6.10. The molecule has 0 aliphatic carbocycles. The molecule has 0 spiro atoms. The summed E-state index contributed by atoms with van der Waals surface area (Å²) in [5.41, 5.74) is 2.28. The number of benzene rings is 2. The van der Waals surface area contributed by atoms with E-state index in [-0.39, 0.29) is 12.1 Å². The smallest absolute Gasteiger partial charge is 0.318 e.